The molecule has 102 valence electrons. The van der Waals surface area contributed by atoms with E-state index in [0.717, 1.165) is 27.7 Å². The number of hydrogen-bond acceptors (Lipinski definition) is 2. The second-order valence-electron chi connectivity index (χ2n) is 5.54. The van der Waals surface area contributed by atoms with Crippen molar-refractivity contribution in [3.8, 4) is 5.69 Å². The maximum absolute atomic E-state index is 11.9. The molecule has 0 unspecified atom stereocenters. The van der Waals surface area contributed by atoms with Crippen molar-refractivity contribution in [1.82, 2.24) is 9.55 Å². The van der Waals surface area contributed by atoms with Gasteiger partial charge in [0.1, 0.15) is 0 Å². The smallest absolute Gasteiger partial charge is 0.182 e. The van der Waals surface area contributed by atoms with Crippen molar-refractivity contribution in [2.24, 2.45) is 0 Å². The summed E-state index contributed by atoms with van der Waals surface area (Å²) in [6, 6.07) is 4.02. The third kappa shape index (κ3) is 1.91. The third-order valence-electron chi connectivity index (χ3n) is 4.11. The van der Waals surface area contributed by atoms with Crippen LogP contribution in [0.4, 0.5) is 0 Å². The largest absolute Gasteiger partial charge is 0.334 e. The third-order valence-corrected chi connectivity index (χ3v) is 5.04. The molecular formula is C15H13BrN2OS. The molecular weight excluding hydrogens is 336 g/mol. The second kappa shape index (κ2) is 4.40. The van der Waals surface area contributed by atoms with Gasteiger partial charge in [-0.1, -0.05) is 0 Å². The zero-order valence-corrected chi connectivity index (χ0v) is 13.2. The first-order chi connectivity index (χ1) is 9.63. The first-order valence-corrected chi connectivity index (χ1v) is 8.01. The molecule has 5 heteroatoms. The van der Waals surface area contributed by atoms with E-state index < -0.39 is 0 Å². The minimum absolute atomic E-state index is 0.234. The Bertz CT molecular complexity index is 786. The van der Waals surface area contributed by atoms with E-state index in [1.165, 1.54) is 18.5 Å². The number of aromatic nitrogens is 2. The summed E-state index contributed by atoms with van der Waals surface area (Å²) in [5.74, 6) is 0.867. The van der Waals surface area contributed by atoms with Gasteiger partial charge < -0.3 is 4.98 Å². The van der Waals surface area contributed by atoms with E-state index in [4.69, 9.17) is 12.2 Å². The van der Waals surface area contributed by atoms with Crippen LogP contribution in [0.2, 0.25) is 0 Å². The molecule has 0 saturated heterocycles. The van der Waals surface area contributed by atoms with Gasteiger partial charge in [-0.2, -0.15) is 0 Å². The van der Waals surface area contributed by atoms with Crippen molar-refractivity contribution in [1.29, 1.82) is 0 Å². The number of Topliss-reactive ketones (excluding diaryl/α,β-unsaturated/α-hetero) is 1. The summed E-state index contributed by atoms with van der Waals surface area (Å²) >= 11 is 9.03. The molecule has 2 aromatic rings. The molecule has 20 heavy (non-hydrogen) atoms. The highest BCUT2D eigenvalue weighted by Gasteiger charge is 2.26. The maximum atomic E-state index is 11.9. The van der Waals surface area contributed by atoms with E-state index in [1.54, 1.807) is 0 Å². The fourth-order valence-electron chi connectivity index (χ4n) is 2.83. The summed E-state index contributed by atoms with van der Waals surface area (Å²) in [5, 5.41) is 0. The average molecular weight is 349 g/mol. The molecule has 1 fully saturated rings. The molecule has 1 aromatic heterocycles. The monoisotopic (exact) mass is 348 g/mol. The van der Waals surface area contributed by atoms with E-state index in [1.807, 2.05) is 10.6 Å². The van der Waals surface area contributed by atoms with Crippen LogP contribution in [0, 0.1) is 4.77 Å². The van der Waals surface area contributed by atoms with Crippen LogP contribution in [0.3, 0.4) is 0 Å². The average Bonchev–Trinajstić information content (AvgIpc) is 3.12. The molecule has 2 aliphatic rings. The lowest BCUT2D eigenvalue weighted by Crippen LogP contribution is -1.98. The molecule has 0 spiro atoms. The van der Waals surface area contributed by atoms with Crippen molar-refractivity contribution >= 4 is 33.9 Å². The van der Waals surface area contributed by atoms with E-state index in [9.17, 15) is 4.79 Å². The predicted molar refractivity (Wildman–Crippen MR) is 83.3 cm³/mol. The van der Waals surface area contributed by atoms with Crippen molar-refractivity contribution in [2.45, 2.75) is 31.6 Å². The molecule has 1 heterocycles. The topological polar surface area (TPSA) is 37.8 Å². The first kappa shape index (κ1) is 12.5. The van der Waals surface area contributed by atoms with Crippen LogP contribution in [-0.4, -0.2) is 15.3 Å². The number of aromatic amines is 1. The van der Waals surface area contributed by atoms with Crippen molar-refractivity contribution in [3.05, 3.63) is 44.4 Å². The number of fused-ring (bicyclic) bond motifs is 1. The lowest BCUT2D eigenvalue weighted by atomic mass is 10.1. The lowest BCUT2D eigenvalue weighted by molar-refractivity contribution is 0.0994. The van der Waals surface area contributed by atoms with Crippen LogP contribution in [-0.2, 0) is 6.42 Å². The van der Waals surface area contributed by atoms with Gasteiger partial charge in [-0.15, -0.1) is 0 Å². The van der Waals surface area contributed by atoms with E-state index in [-0.39, 0.29) is 5.78 Å². The zero-order chi connectivity index (χ0) is 13.9. The number of hydrogen-bond donors (Lipinski definition) is 1. The van der Waals surface area contributed by atoms with Gasteiger partial charge in [-0.3, -0.25) is 9.36 Å². The number of nitrogens with one attached hydrogen (secondary N) is 1. The molecule has 0 aliphatic heterocycles. The van der Waals surface area contributed by atoms with Crippen molar-refractivity contribution in [3.63, 3.8) is 0 Å². The quantitative estimate of drug-likeness (QED) is 0.821. The Morgan fingerprint density at radius 3 is 2.85 bits per heavy atom. The van der Waals surface area contributed by atoms with E-state index in [0.29, 0.717) is 17.1 Å². The number of nitrogens with zero attached hydrogens (tertiary/aromatic N) is 1. The maximum Gasteiger partial charge on any atom is 0.182 e. The number of ketones is 1. The summed E-state index contributed by atoms with van der Waals surface area (Å²) in [5.41, 5.74) is 4.13. The summed E-state index contributed by atoms with van der Waals surface area (Å²) in [7, 11) is 0. The molecule has 0 atom stereocenters. The van der Waals surface area contributed by atoms with E-state index >= 15 is 0 Å². The van der Waals surface area contributed by atoms with Gasteiger partial charge in [0.25, 0.3) is 0 Å². The number of H-pyrrole nitrogens is 1. The lowest BCUT2D eigenvalue weighted by Gasteiger charge is -2.08. The van der Waals surface area contributed by atoms with Crippen LogP contribution >= 0.6 is 28.1 Å². The normalized spacial score (nSPS) is 17.6. The Morgan fingerprint density at radius 2 is 2.10 bits per heavy atom. The molecule has 1 N–H and O–H groups in total. The number of aryl methyl sites for hydroxylation is 1. The summed E-state index contributed by atoms with van der Waals surface area (Å²) in [6.07, 6.45) is 6.01. The molecule has 4 rings (SSSR count). The zero-order valence-electron chi connectivity index (χ0n) is 10.8. The first-order valence-electron chi connectivity index (χ1n) is 6.81. The van der Waals surface area contributed by atoms with Gasteiger partial charge in [0, 0.05) is 34.3 Å². The Balaban J connectivity index is 1.88. The molecule has 2 aliphatic carbocycles. The highest BCUT2D eigenvalue weighted by atomic mass is 79.9. The summed E-state index contributed by atoms with van der Waals surface area (Å²) in [6.45, 7) is 0. The number of halogens is 1. The fraction of sp³-hybridized carbons (Fsp3) is 0.333. The van der Waals surface area contributed by atoms with Gasteiger partial charge in [0.05, 0.1) is 5.69 Å². The Labute approximate surface area is 130 Å². The predicted octanol–water partition coefficient (Wildman–Crippen LogP) is 4.30. The number of imidazole rings is 1. The molecule has 0 amide bonds. The minimum Gasteiger partial charge on any atom is -0.334 e. The van der Waals surface area contributed by atoms with Crippen molar-refractivity contribution in [2.75, 3.05) is 0 Å². The Hall–Kier alpha value is -1.20. The highest BCUT2D eigenvalue weighted by Crippen LogP contribution is 2.40. The SMILES string of the molecule is O=C1CCc2cc(Br)c(-n3cc(C4CC4)[nH]c3=S)cc21. The number of rotatable bonds is 2. The number of carbonyl (C=O) groups excluding carboxylic acids is 1. The number of benzene rings is 1. The van der Waals surface area contributed by atoms with Gasteiger partial charge in [0.15, 0.2) is 10.6 Å². The summed E-state index contributed by atoms with van der Waals surface area (Å²) in [4.78, 5) is 15.2. The molecule has 0 radical (unpaired) electrons. The number of carbonyl (C=O) groups is 1. The van der Waals surface area contributed by atoms with Crippen LogP contribution < -0.4 is 0 Å². The van der Waals surface area contributed by atoms with Gasteiger partial charge in [0.2, 0.25) is 0 Å². The van der Waals surface area contributed by atoms with Crippen LogP contribution in [0.5, 0.6) is 0 Å². The standard InChI is InChI=1S/C15H13BrN2OS/c16-11-5-9-3-4-14(19)10(9)6-13(11)18-7-12(8-1-2-8)17-15(18)20/h5-8H,1-4H2,(H,17,20). The van der Waals surface area contributed by atoms with E-state index in [2.05, 4.69) is 33.2 Å². The molecule has 1 saturated carbocycles. The van der Waals surface area contributed by atoms with Gasteiger partial charge in [-0.25, -0.2) is 0 Å². The second-order valence-corrected chi connectivity index (χ2v) is 6.78. The summed E-state index contributed by atoms with van der Waals surface area (Å²) < 4.78 is 3.65. The van der Waals surface area contributed by atoms with Crippen LogP contribution in [0.25, 0.3) is 5.69 Å². The molecule has 0 bridgehead atoms. The van der Waals surface area contributed by atoms with Crippen LogP contribution in [0.1, 0.15) is 46.8 Å². The van der Waals surface area contributed by atoms with Crippen LogP contribution in [0.15, 0.2) is 22.8 Å². The van der Waals surface area contributed by atoms with Gasteiger partial charge in [-0.05, 0) is 65.1 Å². The minimum atomic E-state index is 0.234. The molecule has 3 nitrogen and oxygen atoms in total. The highest BCUT2D eigenvalue weighted by molar-refractivity contribution is 9.10. The fourth-order valence-corrected chi connectivity index (χ4v) is 3.68. The molecule has 1 aromatic carbocycles. The Kier molecular flexibility index (Phi) is 2.76. The van der Waals surface area contributed by atoms with Crippen molar-refractivity contribution < 1.29 is 4.79 Å². The van der Waals surface area contributed by atoms with Gasteiger partial charge >= 0.3 is 0 Å². The Morgan fingerprint density at radius 1 is 1.30 bits per heavy atom.